The summed E-state index contributed by atoms with van der Waals surface area (Å²) in [4.78, 5) is 35.3. The SMILES string of the molecule is CC(=O)O[C@@H]1CC(=C/C=C2\CCC[C@]3(C)C([C@H](C)CCC(=O)C(C)(C)O)=CCC23)C[C@@H](OC(C)=O)C1. The maximum Gasteiger partial charge on any atom is 0.302 e. The molecule has 3 aliphatic carbocycles. The van der Waals surface area contributed by atoms with E-state index in [0.717, 1.165) is 37.7 Å². The number of hydrogen-bond donors (Lipinski definition) is 1. The third kappa shape index (κ3) is 6.96. The van der Waals surface area contributed by atoms with Gasteiger partial charge >= 0.3 is 11.9 Å². The van der Waals surface area contributed by atoms with E-state index in [1.54, 1.807) is 13.8 Å². The highest BCUT2D eigenvalue weighted by Crippen LogP contribution is 2.57. The topological polar surface area (TPSA) is 89.9 Å². The number of aliphatic hydroxyl groups is 1. The van der Waals surface area contributed by atoms with Gasteiger partial charge in [0.15, 0.2) is 5.78 Å². The van der Waals surface area contributed by atoms with Crippen molar-refractivity contribution in [3.05, 3.63) is 34.9 Å². The minimum Gasteiger partial charge on any atom is -0.462 e. The zero-order valence-corrected chi connectivity index (χ0v) is 22.9. The van der Waals surface area contributed by atoms with Crippen molar-refractivity contribution in [2.45, 2.75) is 117 Å². The van der Waals surface area contributed by atoms with E-state index in [-0.39, 0.29) is 35.3 Å². The summed E-state index contributed by atoms with van der Waals surface area (Å²) in [6, 6.07) is 0. The molecule has 0 radical (unpaired) electrons. The zero-order chi connectivity index (χ0) is 26.7. The first-order chi connectivity index (χ1) is 16.8. The molecular weight excluding hydrogens is 456 g/mol. The van der Waals surface area contributed by atoms with Crippen molar-refractivity contribution in [3.63, 3.8) is 0 Å². The van der Waals surface area contributed by atoms with Crippen molar-refractivity contribution in [1.82, 2.24) is 0 Å². The fourth-order valence-electron chi connectivity index (χ4n) is 6.56. The Kier molecular flexibility index (Phi) is 9.02. The molecule has 6 heteroatoms. The van der Waals surface area contributed by atoms with Crippen LogP contribution in [0, 0.1) is 17.3 Å². The first-order valence-electron chi connectivity index (χ1n) is 13.5. The molecule has 2 fully saturated rings. The van der Waals surface area contributed by atoms with E-state index >= 15 is 0 Å². The lowest BCUT2D eigenvalue weighted by Gasteiger charge is -2.42. The van der Waals surface area contributed by atoms with Crippen LogP contribution in [0.4, 0.5) is 0 Å². The van der Waals surface area contributed by atoms with Crippen LogP contribution < -0.4 is 0 Å². The fraction of sp³-hybridized carbons (Fsp3) is 0.700. The number of rotatable bonds is 8. The summed E-state index contributed by atoms with van der Waals surface area (Å²) < 4.78 is 10.9. The predicted molar refractivity (Wildman–Crippen MR) is 139 cm³/mol. The highest BCUT2D eigenvalue weighted by atomic mass is 16.6. The number of esters is 2. The molecule has 200 valence electrons. The van der Waals surface area contributed by atoms with Gasteiger partial charge in [-0.25, -0.2) is 0 Å². The van der Waals surface area contributed by atoms with Crippen LogP contribution >= 0.6 is 0 Å². The molecule has 36 heavy (non-hydrogen) atoms. The lowest BCUT2D eigenvalue weighted by atomic mass is 9.62. The molecule has 0 aromatic rings. The van der Waals surface area contributed by atoms with Gasteiger partial charge in [0, 0.05) is 39.5 Å². The number of hydrogen-bond acceptors (Lipinski definition) is 6. The molecule has 0 aromatic heterocycles. The quantitative estimate of drug-likeness (QED) is 0.336. The Morgan fingerprint density at radius 1 is 1.14 bits per heavy atom. The molecular formula is C30H44O6. The maximum atomic E-state index is 12.3. The van der Waals surface area contributed by atoms with E-state index in [1.165, 1.54) is 25.0 Å². The molecule has 3 aliphatic rings. The summed E-state index contributed by atoms with van der Waals surface area (Å²) in [6.07, 6.45) is 13.6. The minimum absolute atomic E-state index is 0.0902. The first kappa shape index (κ1) is 28.4. The second-order valence-corrected chi connectivity index (χ2v) is 11.8. The van der Waals surface area contributed by atoms with E-state index in [1.807, 2.05) is 0 Å². The highest BCUT2D eigenvalue weighted by molar-refractivity contribution is 5.86. The maximum absolute atomic E-state index is 12.3. The van der Waals surface area contributed by atoms with Crippen LogP contribution in [-0.2, 0) is 23.9 Å². The van der Waals surface area contributed by atoms with Gasteiger partial charge in [-0.2, -0.15) is 0 Å². The number of fused-ring (bicyclic) bond motifs is 1. The summed E-state index contributed by atoms with van der Waals surface area (Å²) >= 11 is 0. The lowest BCUT2D eigenvalue weighted by Crippen LogP contribution is -2.34. The molecule has 0 bridgehead atoms. The summed E-state index contributed by atoms with van der Waals surface area (Å²) in [6.45, 7) is 10.5. The van der Waals surface area contributed by atoms with Crippen LogP contribution in [-0.4, -0.2) is 40.6 Å². The third-order valence-electron chi connectivity index (χ3n) is 8.33. The average Bonchev–Trinajstić information content (AvgIpc) is 3.11. The Labute approximate surface area is 216 Å². The monoisotopic (exact) mass is 500 g/mol. The van der Waals surface area contributed by atoms with Crippen LogP contribution in [0.15, 0.2) is 34.9 Å². The highest BCUT2D eigenvalue weighted by Gasteiger charge is 2.46. The van der Waals surface area contributed by atoms with Gasteiger partial charge in [-0.1, -0.05) is 48.8 Å². The normalized spacial score (nSPS) is 30.3. The van der Waals surface area contributed by atoms with Crippen molar-refractivity contribution in [1.29, 1.82) is 0 Å². The third-order valence-corrected chi connectivity index (χ3v) is 8.33. The Bertz CT molecular complexity index is 923. The largest absolute Gasteiger partial charge is 0.462 e. The molecule has 6 nitrogen and oxygen atoms in total. The Morgan fingerprint density at radius 2 is 1.75 bits per heavy atom. The zero-order valence-electron chi connectivity index (χ0n) is 22.9. The summed E-state index contributed by atoms with van der Waals surface area (Å²) in [7, 11) is 0. The van der Waals surface area contributed by atoms with Gasteiger partial charge in [-0.3, -0.25) is 14.4 Å². The van der Waals surface area contributed by atoms with Crippen molar-refractivity contribution in [2.24, 2.45) is 17.3 Å². The summed E-state index contributed by atoms with van der Waals surface area (Å²) in [5.41, 5.74) is 2.86. The van der Waals surface area contributed by atoms with Gasteiger partial charge in [0.25, 0.3) is 0 Å². The molecule has 1 unspecified atom stereocenters. The number of Topliss-reactive ketones (excluding diaryl/α,β-unsaturated/α-hetero) is 1. The van der Waals surface area contributed by atoms with Crippen LogP contribution in [0.1, 0.15) is 99.3 Å². The molecule has 2 saturated carbocycles. The van der Waals surface area contributed by atoms with Gasteiger partial charge < -0.3 is 14.6 Å². The summed E-state index contributed by atoms with van der Waals surface area (Å²) in [5.74, 6) is 0.0235. The van der Waals surface area contributed by atoms with Crippen LogP contribution in [0.25, 0.3) is 0 Å². The van der Waals surface area contributed by atoms with E-state index in [2.05, 4.69) is 32.1 Å². The molecule has 0 aromatic carbocycles. The van der Waals surface area contributed by atoms with Gasteiger partial charge in [0.05, 0.1) is 0 Å². The molecule has 0 amide bonds. The first-order valence-corrected chi connectivity index (χ1v) is 13.5. The van der Waals surface area contributed by atoms with E-state index < -0.39 is 5.60 Å². The molecule has 0 spiro atoms. The van der Waals surface area contributed by atoms with E-state index in [9.17, 15) is 19.5 Å². The van der Waals surface area contributed by atoms with Crippen LogP contribution in [0.5, 0.6) is 0 Å². The Balaban J connectivity index is 1.72. The van der Waals surface area contributed by atoms with Crippen molar-refractivity contribution < 1.29 is 29.0 Å². The van der Waals surface area contributed by atoms with Crippen LogP contribution in [0.3, 0.4) is 0 Å². The van der Waals surface area contributed by atoms with Crippen molar-refractivity contribution >= 4 is 17.7 Å². The van der Waals surface area contributed by atoms with E-state index in [4.69, 9.17) is 9.47 Å². The van der Waals surface area contributed by atoms with Gasteiger partial charge in [0.2, 0.25) is 0 Å². The van der Waals surface area contributed by atoms with E-state index in [0.29, 0.717) is 37.5 Å². The lowest BCUT2D eigenvalue weighted by molar-refractivity contribution is -0.154. The number of carbonyl (C=O) groups is 3. The molecule has 5 atom stereocenters. The Hall–Kier alpha value is -2.21. The molecule has 0 heterocycles. The molecule has 3 rings (SSSR count). The fourth-order valence-corrected chi connectivity index (χ4v) is 6.56. The van der Waals surface area contributed by atoms with Crippen LogP contribution in [0.2, 0.25) is 0 Å². The van der Waals surface area contributed by atoms with Crippen molar-refractivity contribution in [2.75, 3.05) is 0 Å². The molecule has 0 saturated heterocycles. The Morgan fingerprint density at radius 3 is 2.31 bits per heavy atom. The minimum atomic E-state index is -1.27. The predicted octanol–water partition coefficient (Wildman–Crippen LogP) is 5.78. The standard InChI is InChI=1S/C30H44O6/c1-19(9-14-28(33)29(4,5)34)26-12-13-27-23(8-7-15-30(26,27)6)11-10-22-16-24(35-20(2)31)18-25(17-22)36-21(3)32/h10-12,19,24-25,27,34H,7-9,13-18H2,1-6H3/b23-11+/t19-,24-,25-,27?,30-/m1/s1. The van der Waals surface area contributed by atoms with Gasteiger partial charge in [-0.05, 0) is 63.2 Å². The average molecular weight is 501 g/mol. The van der Waals surface area contributed by atoms with Crippen molar-refractivity contribution in [3.8, 4) is 0 Å². The second-order valence-electron chi connectivity index (χ2n) is 11.8. The number of ketones is 1. The summed E-state index contributed by atoms with van der Waals surface area (Å²) in [5, 5.41) is 10.00. The van der Waals surface area contributed by atoms with Gasteiger partial charge in [0.1, 0.15) is 17.8 Å². The number of allylic oxidation sites excluding steroid dienone is 5. The number of ether oxygens (including phenoxy) is 2. The number of carbonyl (C=O) groups excluding carboxylic acids is 3. The molecule has 1 N–H and O–H groups in total. The second kappa shape index (κ2) is 11.5. The molecule has 0 aliphatic heterocycles. The smallest absolute Gasteiger partial charge is 0.302 e. The van der Waals surface area contributed by atoms with Gasteiger partial charge in [-0.15, -0.1) is 0 Å².